The summed E-state index contributed by atoms with van der Waals surface area (Å²) in [6, 6.07) is 6.65. The van der Waals surface area contributed by atoms with Gasteiger partial charge in [0.25, 0.3) is 0 Å². The third-order valence-corrected chi connectivity index (χ3v) is 3.30. The molecule has 1 aromatic rings. The van der Waals surface area contributed by atoms with Crippen molar-refractivity contribution in [3.63, 3.8) is 0 Å². The van der Waals surface area contributed by atoms with Gasteiger partial charge >= 0.3 is 0 Å². The number of hydrogen-bond donors (Lipinski definition) is 1. The fraction of sp³-hybridized carbons (Fsp3) is 0.500. The van der Waals surface area contributed by atoms with Crippen LogP contribution in [0.4, 0.5) is 0 Å². The Bertz CT molecular complexity index is 378. The summed E-state index contributed by atoms with van der Waals surface area (Å²) >= 11 is 0. The number of hydrogen-bond acceptors (Lipinski definition) is 3. The van der Waals surface area contributed by atoms with Gasteiger partial charge in [0.05, 0.1) is 25.9 Å². The first kappa shape index (κ1) is 9.19. The van der Waals surface area contributed by atoms with Gasteiger partial charge < -0.3 is 14.8 Å². The Morgan fingerprint density at radius 1 is 1.47 bits per heavy atom. The molecule has 0 saturated carbocycles. The third kappa shape index (κ3) is 1.43. The quantitative estimate of drug-likeness (QED) is 0.756. The van der Waals surface area contributed by atoms with E-state index in [0.29, 0.717) is 12.1 Å². The van der Waals surface area contributed by atoms with E-state index in [4.69, 9.17) is 9.47 Å². The first-order valence-corrected chi connectivity index (χ1v) is 5.40. The number of fused-ring (bicyclic) bond motifs is 3. The van der Waals surface area contributed by atoms with E-state index in [2.05, 4.69) is 17.4 Å². The number of methoxy groups -OCH3 is 1. The maximum absolute atomic E-state index is 5.81. The standard InChI is InChI=1S/C12H15NO2/c1-14-9-2-3-10-8(6-9)7-15-11-4-5-13-12(10)11/h2-3,6,11-13H,4-5,7H2,1H3/t11-,12?/m0/s1. The van der Waals surface area contributed by atoms with Gasteiger partial charge in [-0.1, -0.05) is 6.07 Å². The van der Waals surface area contributed by atoms with E-state index < -0.39 is 0 Å². The minimum Gasteiger partial charge on any atom is -0.497 e. The summed E-state index contributed by atoms with van der Waals surface area (Å²) in [7, 11) is 1.70. The Morgan fingerprint density at radius 2 is 2.40 bits per heavy atom. The van der Waals surface area contributed by atoms with Crippen molar-refractivity contribution >= 4 is 0 Å². The van der Waals surface area contributed by atoms with E-state index in [9.17, 15) is 0 Å². The van der Waals surface area contributed by atoms with Crippen LogP contribution in [0.3, 0.4) is 0 Å². The monoisotopic (exact) mass is 205 g/mol. The van der Waals surface area contributed by atoms with Crippen LogP contribution in [-0.4, -0.2) is 19.8 Å². The zero-order valence-corrected chi connectivity index (χ0v) is 8.82. The van der Waals surface area contributed by atoms with Crippen molar-refractivity contribution in [3.8, 4) is 5.75 Å². The van der Waals surface area contributed by atoms with Crippen molar-refractivity contribution in [1.29, 1.82) is 0 Å². The van der Waals surface area contributed by atoms with Crippen LogP contribution in [0.2, 0.25) is 0 Å². The normalized spacial score (nSPS) is 28.3. The summed E-state index contributed by atoms with van der Waals surface area (Å²) in [4.78, 5) is 0. The van der Waals surface area contributed by atoms with Gasteiger partial charge in [0.15, 0.2) is 0 Å². The van der Waals surface area contributed by atoms with Crippen molar-refractivity contribution in [2.45, 2.75) is 25.2 Å². The Hall–Kier alpha value is -1.06. The van der Waals surface area contributed by atoms with Gasteiger partial charge in [-0.05, 0) is 36.2 Å². The number of rotatable bonds is 1. The van der Waals surface area contributed by atoms with Gasteiger partial charge in [-0.15, -0.1) is 0 Å². The lowest BCUT2D eigenvalue weighted by Crippen LogP contribution is -2.28. The van der Waals surface area contributed by atoms with Crippen molar-refractivity contribution in [2.75, 3.05) is 13.7 Å². The first-order valence-electron chi connectivity index (χ1n) is 5.40. The van der Waals surface area contributed by atoms with Crippen LogP contribution in [0.15, 0.2) is 18.2 Å². The topological polar surface area (TPSA) is 30.5 Å². The molecule has 0 radical (unpaired) electrons. The average molecular weight is 205 g/mol. The SMILES string of the molecule is COc1ccc2c(c1)CO[C@H]1CCNC21. The van der Waals surface area contributed by atoms with E-state index in [1.165, 1.54) is 11.1 Å². The van der Waals surface area contributed by atoms with E-state index in [1.807, 2.05) is 6.07 Å². The van der Waals surface area contributed by atoms with E-state index in [0.717, 1.165) is 25.3 Å². The lowest BCUT2D eigenvalue weighted by atomic mass is 9.95. The summed E-state index contributed by atoms with van der Waals surface area (Å²) in [5, 5.41) is 3.49. The van der Waals surface area contributed by atoms with Crippen molar-refractivity contribution in [2.24, 2.45) is 0 Å². The smallest absolute Gasteiger partial charge is 0.119 e. The summed E-state index contributed by atoms with van der Waals surface area (Å²) < 4.78 is 11.0. The molecule has 80 valence electrons. The largest absolute Gasteiger partial charge is 0.497 e. The lowest BCUT2D eigenvalue weighted by molar-refractivity contribution is 0.0184. The molecule has 3 rings (SSSR count). The minimum absolute atomic E-state index is 0.367. The number of benzene rings is 1. The highest BCUT2D eigenvalue weighted by atomic mass is 16.5. The highest BCUT2D eigenvalue weighted by molar-refractivity contribution is 5.39. The zero-order chi connectivity index (χ0) is 10.3. The molecule has 2 aliphatic rings. The van der Waals surface area contributed by atoms with Crippen LogP contribution < -0.4 is 10.1 Å². The van der Waals surface area contributed by atoms with Crippen LogP contribution in [0.1, 0.15) is 23.6 Å². The summed E-state index contributed by atoms with van der Waals surface area (Å²) in [6.45, 7) is 1.77. The van der Waals surface area contributed by atoms with Crippen LogP contribution in [0.5, 0.6) is 5.75 Å². The molecule has 2 atom stereocenters. The predicted molar refractivity (Wildman–Crippen MR) is 56.9 cm³/mol. The zero-order valence-electron chi connectivity index (χ0n) is 8.82. The molecule has 1 N–H and O–H groups in total. The molecule has 2 heterocycles. The fourth-order valence-electron chi connectivity index (χ4n) is 2.50. The second kappa shape index (κ2) is 3.51. The van der Waals surface area contributed by atoms with Crippen LogP contribution >= 0.6 is 0 Å². The third-order valence-electron chi connectivity index (χ3n) is 3.30. The van der Waals surface area contributed by atoms with E-state index >= 15 is 0 Å². The summed E-state index contributed by atoms with van der Waals surface area (Å²) in [5.41, 5.74) is 2.63. The molecule has 0 aliphatic carbocycles. The molecule has 1 unspecified atom stereocenters. The Labute approximate surface area is 89.4 Å². The lowest BCUT2D eigenvalue weighted by Gasteiger charge is -2.28. The molecule has 0 spiro atoms. The Balaban J connectivity index is 2.00. The predicted octanol–water partition coefficient (Wildman–Crippen LogP) is 1.63. The minimum atomic E-state index is 0.367. The molecule has 1 aromatic carbocycles. The maximum atomic E-state index is 5.81. The number of nitrogens with one attached hydrogen (secondary N) is 1. The van der Waals surface area contributed by atoms with Gasteiger partial charge in [0, 0.05) is 0 Å². The Morgan fingerprint density at radius 3 is 3.27 bits per heavy atom. The van der Waals surface area contributed by atoms with Crippen molar-refractivity contribution in [3.05, 3.63) is 29.3 Å². The fourth-order valence-corrected chi connectivity index (χ4v) is 2.50. The maximum Gasteiger partial charge on any atom is 0.119 e. The van der Waals surface area contributed by atoms with Gasteiger partial charge in [-0.3, -0.25) is 0 Å². The molecule has 15 heavy (non-hydrogen) atoms. The molecule has 0 amide bonds. The van der Waals surface area contributed by atoms with E-state index in [1.54, 1.807) is 7.11 Å². The highest BCUT2D eigenvalue weighted by Gasteiger charge is 2.33. The number of ether oxygens (including phenoxy) is 2. The molecule has 1 fully saturated rings. The average Bonchev–Trinajstić information content (AvgIpc) is 2.76. The second-order valence-corrected chi connectivity index (χ2v) is 4.13. The van der Waals surface area contributed by atoms with Crippen LogP contribution in [0.25, 0.3) is 0 Å². The molecule has 1 saturated heterocycles. The van der Waals surface area contributed by atoms with Crippen LogP contribution in [0, 0.1) is 0 Å². The molecule has 0 aromatic heterocycles. The van der Waals surface area contributed by atoms with Gasteiger partial charge in [0.1, 0.15) is 5.75 Å². The van der Waals surface area contributed by atoms with Gasteiger partial charge in [-0.25, -0.2) is 0 Å². The second-order valence-electron chi connectivity index (χ2n) is 4.13. The van der Waals surface area contributed by atoms with Gasteiger partial charge in [-0.2, -0.15) is 0 Å². The molecule has 2 aliphatic heterocycles. The van der Waals surface area contributed by atoms with Crippen molar-refractivity contribution < 1.29 is 9.47 Å². The summed E-state index contributed by atoms with van der Waals surface area (Å²) in [6.07, 6.45) is 1.49. The van der Waals surface area contributed by atoms with Crippen LogP contribution in [-0.2, 0) is 11.3 Å². The first-order chi connectivity index (χ1) is 7.38. The van der Waals surface area contributed by atoms with E-state index in [-0.39, 0.29) is 0 Å². The van der Waals surface area contributed by atoms with Crippen molar-refractivity contribution in [1.82, 2.24) is 5.32 Å². The van der Waals surface area contributed by atoms with Gasteiger partial charge in [0.2, 0.25) is 0 Å². The Kier molecular flexibility index (Phi) is 2.15. The molecule has 0 bridgehead atoms. The molecular formula is C12H15NO2. The summed E-state index contributed by atoms with van der Waals surface area (Å²) in [5.74, 6) is 0.911. The highest BCUT2D eigenvalue weighted by Crippen LogP contribution is 2.35. The molecule has 3 nitrogen and oxygen atoms in total. The molecular weight excluding hydrogens is 190 g/mol. The molecule has 3 heteroatoms.